The number of pyridine rings is 1. The molecule has 110 valence electrons. The third-order valence-corrected chi connectivity index (χ3v) is 3.14. The van der Waals surface area contributed by atoms with E-state index in [4.69, 9.17) is 11.6 Å². The Morgan fingerprint density at radius 1 is 1.33 bits per heavy atom. The van der Waals surface area contributed by atoms with Crippen LogP contribution in [0.3, 0.4) is 0 Å². The van der Waals surface area contributed by atoms with Crippen LogP contribution in [0.5, 0.6) is 0 Å². The smallest absolute Gasteiger partial charge is 0.270 e. The second kappa shape index (κ2) is 6.63. The van der Waals surface area contributed by atoms with Crippen molar-refractivity contribution in [2.75, 3.05) is 0 Å². The second-order valence-electron chi connectivity index (χ2n) is 4.64. The summed E-state index contributed by atoms with van der Waals surface area (Å²) in [5, 5.41) is 3.02. The van der Waals surface area contributed by atoms with E-state index in [0.29, 0.717) is 5.02 Å². The van der Waals surface area contributed by atoms with Crippen molar-refractivity contribution in [2.45, 2.75) is 19.4 Å². The lowest BCUT2D eigenvalue weighted by molar-refractivity contribution is 0.0934. The number of carbonyl (C=O) groups is 1. The van der Waals surface area contributed by atoms with Gasteiger partial charge in [0.05, 0.1) is 0 Å². The highest BCUT2D eigenvalue weighted by Crippen LogP contribution is 2.14. The number of rotatable bonds is 4. The monoisotopic (exact) mass is 310 g/mol. The summed E-state index contributed by atoms with van der Waals surface area (Å²) in [6.45, 7) is 1.66. The lowest BCUT2D eigenvalue weighted by Crippen LogP contribution is -2.35. The highest BCUT2D eigenvalue weighted by atomic mass is 35.5. The maximum absolute atomic E-state index is 13.5. The molecule has 1 heterocycles. The topological polar surface area (TPSA) is 42.0 Å². The second-order valence-corrected chi connectivity index (χ2v) is 5.07. The number of nitrogens with one attached hydrogen (secondary N) is 1. The van der Waals surface area contributed by atoms with E-state index < -0.39 is 23.6 Å². The molecule has 0 aliphatic heterocycles. The normalized spacial score (nSPS) is 12.0. The van der Waals surface area contributed by atoms with E-state index in [9.17, 15) is 13.6 Å². The molecular weight excluding hydrogens is 298 g/mol. The van der Waals surface area contributed by atoms with Crippen molar-refractivity contribution in [1.82, 2.24) is 10.3 Å². The molecule has 0 spiro atoms. The Morgan fingerprint density at radius 3 is 2.62 bits per heavy atom. The maximum atomic E-state index is 13.5. The van der Waals surface area contributed by atoms with Crippen molar-refractivity contribution < 1.29 is 13.6 Å². The van der Waals surface area contributed by atoms with Crippen LogP contribution >= 0.6 is 11.6 Å². The van der Waals surface area contributed by atoms with Crippen LogP contribution in [0.1, 0.15) is 23.0 Å². The number of benzene rings is 1. The van der Waals surface area contributed by atoms with Crippen LogP contribution in [-0.4, -0.2) is 16.9 Å². The molecule has 0 saturated carbocycles. The average molecular weight is 311 g/mol. The minimum absolute atomic E-state index is 0.0464. The van der Waals surface area contributed by atoms with Gasteiger partial charge in [-0.25, -0.2) is 8.78 Å². The summed E-state index contributed by atoms with van der Waals surface area (Å²) >= 11 is 5.78. The number of hydrogen-bond donors (Lipinski definition) is 1. The molecule has 6 heteroatoms. The van der Waals surface area contributed by atoms with Gasteiger partial charge >= 0.3 is 0 Å². The Balaban J connectivity index is 2.05. The summed E-state index contributed by atoms with van der Waals surface area (Å²) in [6, 6.07) is 6.19. The van der Waals surface area contributed by atoms with Crippen molar-refractivity contribution in [3.63, 3.8) is 0 Å². The summed E-state index contributed by atoms with van der Waals surface area (Å²) in [6.07, 6.45) is 1.46. The zero-order valence-electron chi connectivity index (χ0n) is 11.2. The van der Waals surface area contributed by atoms with Gasteiger partial charge in [-0.15, -0.1) is 0 Å². The molecule has 2 rings (SSSR count). The van der Waals surface area contributed by atoms with Gasteiger partial charge in [0.25, 0.3) is 5.91 Å². The molecule has 21 heavy (non-hydrogen) atoms. The van der Waals surface area contributed by atoms with Crippen molar-refractivity contribution in [2.24, 2.45) is 0 Å². The molecule has 1 N–H and O–H groups in total. The number of hydrogen-bond acceptors (Lipinski definition) is 2. The first-order valence-electron chi connectivity index (χ1n) is 6.32. The highest BCUT2D eigenvalue weighted by molar-refractivity contribution is 6.30. The summed E-state index contributed by atoms with van der Waals surface area (Å²) in [4.78, 5) is 15.8. The third kappa shape index (κ3) is 3.98. The summed E-state index contributed by atoms with van der Waals surface area (Å²) in [5.74, 6) is -1.70. The molecule has 1 atom stereocenters. The highest BCUT2D eigenvalue weighted by Gasteiger charge is 2.16. The maximum Gasteiger partial charge on any atom is 0.270 e. The fourth-order valence-corrected chi connectivity index (χ4v) is 2.07. The van der Waals surface area contributed by atoms with Gasteiger partial charge in [0.15, 0.2) is 0 Å². The molecule has 1 unspecified atom stereocenters. The first kappa shape index (κ1) is 15.4. The first-order valence-corrected chi connectivity index (χ1v) is 6.70. The standard InChI is InChI=1S/C15H13ClF2N2O/c1-9(7-11-12(17)3-2-4-13(11)18)20-15(21)14-8-10(16)5-6-19-14/h2-6,8-9H,7H2,1H3,(H,20,21). The minimum Gasteiger partial charge on any atom is -0.348 e. The minimum atomic E-state index is -0.628. The van der Waals surface area contributed by atoms with Gasteiger partial charge in [-0.1, -0.05) is 17.7 Å². The van der Waals surface area contributed by atoms with Gasteiger partial charge in [-0.05, 0) is 37.6 Å². The molecule has 1 aromatic heterocycles. The molecule has 0 aliphatic rings. The molecule has 0 saturated heterocycles. The van der Waals surface area contributed by atoms with Crippen LogP contribution in [0, 0.1) is 11.6 Å². The predicted molar refractivity (Wildman–Crippen MR) is 76.2 cm³/mol. The largest absolute Gasteiger partial charge is 0.348 e. The Morgan fingerprint density at radius 2 is 2.00 bits per heavy atom. The average Bonchev–Trinajstić information content (AvgIpc) is 2.43. The van der Waals surface area contributed by atoms with Crippen LogP contribution in [0.4, 0.5) is 8.78 Å². The van der Waals surface area contributed by atoms with Crippen molar-refractivity contribution >= 4 is 17.5 Å². The zero-order valence-corrected chi connectivity index (χ0v) is 12.0. The van der Waals surface area contributed by atoms with E-state index in [1.165, 1.54) is 30.5 Å². The van der Waals surface area contributed by atoms with Crippen LogP contribution in [0.25, 0.3) is 0 Å². The van der Waals surface area contributed by atoms with Crippen LogP contribution in [-0.2, 0) is 6.42 Å². The van der Waals surface area contributed by atoms with E-state index in [2.05, 4.69) is 10.3 Å². The van der Waals surface area contributed by atoms with E-state index in [1.807, 2.05) is 0 Å². The lowest BCUT2D eigenvalue weighted by atomic mass is 10.1. The van der Waals surface area contributed by atoms with E-state index in [-0.39, 0.29) is 17.7 Å². The Kier molecular flexibility index (Phi) is 4.85. The molecule has 0 radical (unpaired) electrons. The quantitative estimate of drug-likeness (QED) is 0.940. The fourth-order valence-electron chi connectivity index (χ4n) is 1.91. The zero-order chi connectivity index (χ0) is 15.4. The lowest BCUT2D eigenvalue weighted by Gasteiger charge is -2.14. The van der Waals surface area contributed by atoms with Crippen molar-refractivity contribution in [3.8, 4) is 0 Å². The van der Waals surface area contributed by atoms with E-state index in [1.54, 1.807) is 13.0 Å². The van der Waals surface area contributed by atoms with Crippen LogP contribution < -0.4 is 5.32 Å². The summed E-state index contributed by atoms with van der Waals surface area (Å²) in [7, 11) is 0. The third-order valence-electron chi connectivity index (χ3n) is 2.90. The van der Waals surface area contributed by atoms with Crippen molar-refractivity contribution in [3.05, 3.63) is 64.4 Å². The molecule has 1 aromatic carbocycles. The fraction of sp³-hybridized carbons (Fsp3) is 0.200. The summed E-state index contributed by atoms with van der Waals surface area (Å²) < 4.78 is 27.1. The van der Waals surface area contributed by atoms with Gasteiger partial charge in [0.1, 0.15) is 17.3 Å². The number of carbonyl (C=O) groups excluding carboxylic acids is 1. The Labute approximate surface area is 126 Å². The van der Waals surface area contributed by atoms with Gasteiger partial charge in [0, 0.05) is 22.8 Å². The molecule has 2 aromatic rings. The first-order chi connectivity index (χ1) is 9.97. The van der Waals surface area contributed by atoms with Crippen molar-refractivity contribution in [1.29, 1.82) is 0 Å². The molecule has 3 nitrogen and oxygen atoms in total. The van der Waals surface area contributed by atoms with Gasteiger partial charge in [0.2, 0.25) is 0 Å². The number of nitrogens with zero attached hydrogens (tertiary/aromatic N) is 1. The van der Waals surface area contributed by atoms with Crippen LogP contribution in [0.15, 0.2) is 36.5 Å². The Hall–Kier alpha value is -2.01. The van der Waals surface area contributed by atoms with E-state index >= 15 is 0 Å². The van der Waals surface area contributed by atoms with Gasteiger partial charge in [-0.2, -0.15) is 0 Å². The molecule has 1 amide bonds. The molecular formula is C15H13ClF2N2O. The SMILES string of the molecule is CC(Cc1c(F)cccc1F)NC(=O)c1cc(Cl)ccn1. The summed E-state index contributed by atoms with van der Waals surface area (Å²) in [5.41, 5.74) is 0.104. The van der Waals surface area contributed by atoms with E-state index in [0.717, 1.165) is 0 Å². The number of amides is 1. The van der Waals surface area contributed by atoms with Crippen LogP contribution in [0.2, 0.25) is 5.02 Å². The molecule has 0 fully saturated rings. The number of aromatic nitrogens is 1. The van der Waals surface area contributed by atoms with Gasteiger partial charge < -0.3 is 5.32 Å². The molecule has 0 aliphatic carbocycles. The Bertz CT molecular complexity index is 644. The predicted octanol–water partition coefficient (Wildman–Crippen LogP) is 3.37. The number of halogens is 3. The molecule has 0 bridgehead atoms. The van der Waals surface area contributed by atoms with Gasteiger partial charge in [-0.3, -0.25) is 9.78 Å².